The summed E-state index contributed by atoms with van der Waals surface area (Å²) in [6.45, 7) is 9.27. The molecule has 0 unspecified atom stereocenters. The maximum Gasteiger partial charge on any atom is 0.294 e. The van der Waals surface area contributed by atoms with Gasteiger partial charge in [-0.05, 0) is 86.5 Å². The molecular formula is C27H28ClN3O3S. The summed E-state index contributed by atoms with van der Waals surface area (Å²) in [5.41, 5.74) is 4.72. The maximum atomic E-state index is 12.9. The highest BCUT2D eigenvalue weighted by molar-refractivity contribution is 8.18. The summed E-state index contributed by atoms with van der Waals surface area (Å²) in [6, 6.07) is 12.8. The van der Waals surface area contributed by atoms with Gasteiger partial charge in [-0.2, -0.15) is 0 Å². The molecule has 4 rings (SSSR count). The van der Waals surface area contributed by atoms with Crippen LogP contribution in [-0.4, -0.2) is 40.6 Å². The zero-order valence-corrected chi connectivity index (χ0v) is 21.8. The van der Waals surface area contributed by atoms with Crippen molar-refractivity contribution in [2.24, 2.45) is 0 Å². The molecule has 0 atom stereocenters. The predicted octanol–water partition coefficient (Wildman–Crippen LogP) is 6.43. The summed E-state index contributed by atoms with van der Waals surface area (Å²) in [5, 5.41) is 2.68. The number of carbonyl (C=O) groups is 3. The minimum atomic E-state index is -0.472. The molecule has 2 aromatic carbocycles. The van der Waals surface area contributed by atoms with E-state index < -0.39 is 17.1 Å². The summed E-state index contributed by atoms with van der Waals surface area (Å²) in [6.07, 6.45) is 5.02. The average molecular weight is 510 g/mol. The molecular weight excluding hydrogens is 482 g/mol. The van der Waals surface area contributed by atoms with Gasteiger partial charge in [0.25, 0.3) is 11.1 Å². The van der Waals surface area contributed by atoms with Crippen molar-refractivity contribution in [3.05, 3.63) is 69.6 Å². The smallest absolute Gasteiger partial charge is 0.294 e. The van der Waals surface area contributed by atoms with E-state index in [1.54, 1.807) is 30.3 Å². The molecule has 2 aliphatic heterocycles. The van der Waals surface area contributed by atoms with E-state index in [9.17, 15) is 14.4 Å². The number of amides is 3. The number of carbonyl (C=O) groups excluding carboxylic acids is 3. The van der Waals surface area contributed by atoms with Crippen LogP contribution in [0.25, 0.3) is 11.6 Å². The van der Waals surface area contributed by atoms with Crippen molar-refractivity contribution in [2.45, 2.75) is 39.7 Å². The zero-order valence-electron chi connectivity index (χ0n) is 20.2. The predicted molar refractivity (Wildman–Crippen MR) is 145 cm³/mol. The number of benzene rings is 2. The number of anilines is 2. The molecule has 35 heavy (non-hydrogen) atoms. The summed E-state index contributed by atoms with van der Waals surface area (Å²) in [7, 11) is 0. The fourth-order valence-electron chi connectivity index (χ4n) is 4.52. The number of fused-ring (bicyclic) bond motifs is 1. The molecule has 0 aliphatic carbocycles. The Labute approximate surface area is 215 Å². The van der Waals surface area contributed by atoms with Crippen LogP contribution in [0.3, 0.4) is 0 Å². The molecule has 2 aromatic rings. The van der Waals surface area contributed by atoms with Crippen LogP contribution in [-0.2, 0) is 9.59 Å². The number of nitrogens with zero attached hydrogens (tertiary/aromatic N) is 2. The van der Waals surface area contributed by atoms with Crippen LogP contribution in [0.15, 0.2) is 53.4 Å². The van der Waals surface area contributed by atoms with Gasteiger partial charge in [0.1, 0.15) is 6.54 Å². The lowest BCUT2D eigenvalue weighted by atomic mass is 9.88. The quantitative estimate of drug-likeness (QED) is 0.454. The number of hydrogen-bond acceptors (Lipinski definition) is 5. The highest BCUT2D eigenvalue weighted by Crippen LogP contribution is 2.40. The molecule has 2 aliphatic rings. The highest BCUT2D eigenvalue weighted by atomic mass is 35.5. The second kappa shape index (κ2) is 9.91. The standard InChI is InChI=1S/C27H28ClN3O3S/c1-5-11-31-22-10-9-18(12-21(22)17(2)15-27(31,3)4)13-23-25(33)30(26(34)35-23)16-24(32)29-20-8-6-7-19(28)14-20/h6-10,12-15H,5,11,16H2,1-4H3,(H,29,32)/b23-13+. The van der Waals surface area contributed by atoms with Crippen LogP contribution in [0.5, 0.6) is 0 Å². The molecule has 1 fully saturated rings. The van der Waals surface area contributed by atoms with Crippen LogP contribution in [0.4, 0.5) is 16.2 Å². The van der Waals surface area contributed by atoms with E-state index in [1.165, 1.54) is 11.3 Å². The van der Waals surface area contributed by atoms with E-state index in [1.807, 2.05) is 6.07 Å². The fraction of sp³-hybridized carbons (Fsp3) is 0.296. The number of hydrogen-bond donors (Lipinski definition) is 1. The number of halogens is 1. The number of allylic oxidation sites excluding steroid dienone is 1. The Balaban J connectivity index is 1.53. The van der Waals surface area contributed by atoms with Crippen molar-refractivity contribution in [3.8, 4) is 0 Å². The molecule has 8 heteroatoms. The van der Waals surface area contributed by atoms with Gasteiger partial charge in [-0.15, -0.1) is 0 Å². The Hall–Kier alpha value is -3.03. The summed E-state index contributed by atoms with van der Waals surface area (Å²) in [5.74, 6) is -0.941. The van der Waals surface area contributed by atoms with Crippen LogP contribution in [0.1, 0.15) is 45.2 Å². The molecule has 0 bridgehead atoms. The molecule has 0 saturated carbocycles. The molecule has 0 radical (unpaired) electrons. The van der Waals surface area contributed by atoms with E-state index in [4.69, 9.17) is 11.6 Å². The van der Waals surface area contributed by atoms with Crippen molar-refractivity contribution < 1.29 is 14.4 Å². The van der Waals surface area contributed by atoms with Crippen LogP contribution in [0.2, 0.25) is 5.02 Å². The van der Waals surface area contributed by atoms with Crippen LogP contribution >= 0.6 is 23.4 Å². The van der Waals surface area contributed by atoms with Crippen molar-refractivity contribution >= 4 is 63.4 Å². The van der Waals surface area contributed by atoms with Crippen LogP contribution < -0.4 is 10.2 Å². The van der Waals surface area contributed by atoms with E-state index in [0.29, 0.717) is 15.6 Å². The number of nitrogens with one attached hydrogen (secondary N) is 1. The third-order valence-corrected chi connectivity index (χ3v) is 7.17. The van der Waals surface area contributed by atoms with Gasteiger partial charge in [0.05, 0.1) is 10.4 Å². The highest BCUT2D eigenvalue weighted by Gasteiger charge is 2.36. The van der Waals surface area contributed by atoms with Crippen molar-refractivity contribution in [3.63, 3.8) is 0 Å². The van der Waals surface area contributed by atoms with Crippen molar-refractivity contribution in [1.29, 1.82) is 0 Å². The Morgan fingerprint density at radius 1 is 1.17 bits per heavy atom. The normalized spacial score (nSPS) is 18.1. The van der Waals surface area contributed by atoms with E-state index in [0.717, 1.165) is 40.8 Å². The molecule has 0 aromatic heterocycles. The minimum Gasteiger partial charge on any atom is -0.362 e. The van der Waals surface area contributed by atoms with E-state index in [-0.39, 0.29) is 12.1 Å². The first-order chi connectivity index (χ1) is 16.6. The first kappa shape index (κ1) is 25.1. The van der Waals surface area contributed by atoms with Gasteiger partial charge in [-0.3, -0.25) is 19.3 Å². The SMILES string of the molecule is CCCN1c2ccc(/C=C3/SC(=O)N(CC(=O)Nc4cccc(Cl)c4)C3=O)cc2C(C)=CC1(C)C. The molecule has 0 spiro atoms. The fourth-order valence-corrected chi connectivity index (χ4v) is 5.55. The lowest BCUT2D eigenvalue weighted by Gasteiger charge is -2.43. The Morgan fingerprint density at radius 2 is 1.94 bits per heavy atom. The third kappa shape index (κ3) is 5.31. The van der Waals surface area contributed by atoms with E-state index >= 15 is 0 Å². The molecule has 6 nitrogen and oxygen atoms in total. The average Bonchev–Trinajstić information content (AvgIpc) is 3.03. The van der Waals surface area contributed by atoms with Gasteiger partial charge in [0.15, 0.2) is 0 Å². The second-order valence-corrected chi connectivity index (χ2v) is 10.7. The van der Waals surface area contributed by atoms with Gasteiger partial charge in [0.2, 0.25) is 5.91 Å². The molecule has 3 amide bonds. The van der Waals surface area contributed by atoms with Gasteiger partial charge < -0.3 is 10.2 Å². The van der Waals surface area contributed by atoms with Gasteiger partial charge >= 0.3 is 0 Å². The van der Waals surface area contributed by atoms with E-state index in [2.05, 4.69) is 56.1 Å². The first-order valence-corrected chi connectivity index (χ1v) is 12.7. The number of thioether (sulfide) groups is 1. The van der Waals surface area contributed by atoms with Crippen molar-refractivity contribution in [1.82, 2.24) is 4.90 Å². The Bertz CT molecular complexity index is 1270. The summed E-state index contributed by atoms with van der Waals surface area (Å²) < 4.78 is 0. The second-order valence-electron chi connectivity index (χ2n) is 9.24. The Kier molecular flexibility index (Phi) is 7.10. The maximum absolute atomic E-state index is 12.9. The first-order valence-electron chi connectivity index (χ1n) is 11.5. The lowest BCUT2D eigenvalue weighted by molar-refractivity contribution is -0.127. The van der Waals surface area contributed by atoms with Crippen molar-refractivity contribution in [2.75, 3.05) is 23.3 Å². The van der Waals surface area contributed by atoms with Gasteiger partial charge in [-0.25, -0.2) is 0 Å². The van der Waals surface area contributed by atoms with Gasteiger partial charge in [0, 0.05) is 28.5 Å². The summed E-state index contributed by atoms with van der Waals surface area (Å²) >= 11 is 6.79. The Morgan fingerprint density at radius 3 is 2.66 bits per heavy atom. The summed E-state index contributed by atoms with van der Waals surface area (Å²) in [4.78, 5) is 41.5. The minimum absolute atomic E-state index is 0.0804. The zero-order chi connectivity index (χ0) is 25.3. The molecule has 2 heterocycles. The topological polar surface area (TPSA) is 69.7 Å². The monoisotopic (exact) mass is 509 g/mol. The number of rotatable bonds is 6. The molecule has 182 valence electrons. The molecule has 1 saturated heterocycles. The van der Waals surface area contributed by atoms with Gasteiger partial charge in [-0.1, -0.05) is 36.7 Å². The number of imide groups is 1. The molecule has 1 N–H and O–H groups in total. The van der Waals surface area contributed by atoms with Crippen LogP contribution in [0, 0.1) is 0 Å². The largest absolute Gasteiger partial charge is 0.362 e. The lowest BCUT2D eigenvalue weighted by Crippen LogP contribution is -2.45. The third-order valence-electron chi connectivity index (χ3n) is 6.03.